The van der Waals surface area contributed by atoms with Crippen LogP contribution in [0, 0.1) is 5.92 Å². The van der Waals surface area contributed by atoms with E-state index in [2.05, 4.69) is 46.6 Å². The second-order valence-corrected chi connectivity index (χ2v) is 7.86. The lowest BCUT2D eigenvalue weighted by Crippen LogP contribution is -2.29. The zero-order valence-corrected chi connectivity index (χ0v) is 17.5. The summed E-state index contributed by atoms with van der Waals surface area (Å²) in [6.45, 7) is 10.4. The molecule has 2 aromatic rings. The van der Waals surface area contributed by atoms with Gasteiger partial charge < -0.3 is 14.2 Å². The molecular weight excluding hydrogens is 352 g/mol. The molecule has 1 heterocycles. The largest absolute Gasteiger partial charge is 0.368 e. The van der Waals surface area contributed by atoms with Crippen molar-refractivity contribution in [2.45, 2.75) is 59.1 Å². The number of ether oxygens (including phenoxy) is 1. The Balaban J connectivity index is 1.65. The van der Waals surface area contributed by atoms with Gasteiger partial charge in [-0.3, -0.25) is 10.1 Å². The number of carbonyl (C=O) groups is 1. The molecular formula is C22H34N4O2. The van der Waals surface area contributed by atoms with Crippen molar-refractivity contribution in [1.29, 1.82) is 0 Å². The number of imidazole rings is 1. The molecule has 1 aromatic heterocycles. The van der Waals surface area contributed by atoms with E-state index in [-0.39, 0.29) is 18.6 Å². The van der Waals surface area contributed by atoms with Crippen molar-refractivity contribution in [1.82, 2.24) is 14.5 Å². The molecule has 1 aliphatic carbocycles. The second kappa shape index (κ2) is 10.0. The SMILES string of the molecule is CCN(CC)CCn1c(NC(=O)COC2CCCC(C)C2)nc2ccccc21. The molecule has 0 saturated heterocycles. The molecule has 6 nitrogen and oxygen atoms in total. The highest BCUT2D eigenvalue weighted by Gasteiger charge is 2.21. The average Bonchev–Trinajstić information content (AvgIpc) is 3.04. The smallest absolute Gasteiger partial charge is 0.252 e. The van der Waals surface area contributed by atoms with Crippen LogP contribution in [0.3, 0.4) is 0 Å². The number of anilines is 1. The number of hydrogen-bond donors (Lipinski definition) is 1. The van der Waals surface area contributed by atoms with E-state index in [1.807, 2.05) is 18.2 Å². The molecule has 154 valence electrons. The van der Waals surface area contributed by atoms with Gasteiger partial charge in [-0.1, -0.05) is 45.7 Å². The quantitative estimate of drug-likeness (QED) is 0.710. The van der Waals surface area contributed by atoms with Crippen LogP contribution in [0.2, 0.25) is 0 Å². The number of amides is 1. The molecule has 2 unspecified atom stereocenters. The van der Waals surface area contributed by atoms with Gasteiger partial charge in [-0.05, 0) is 44.0 Å². The molecule has 0 bridgehead atoms. The highest BCUT2D eigenvalue weighted by Crippen LogP contribution is 2.25. The molecule has 0 spiro atoms. The van der Waals surface area contributed by atoms with Crippen LogP contribution in [0.1, 0.15) is 46.5 Å². The molecule has 1 N–H and O–H groups in total. The third-order valence-electron chi connectivity index (χ3n) is 5.78. The summed E-state index contributed by atoms with van der Waals surface area (Å²) in [5.74, 6) is 1.17. The Kier molecular flexibility index (Phi) is 7.45. The lowest BCUT2D eigenvalue weighted by Gasteiger charge is -2.26. The van der Waals surface area contributed by atoms with Gasteiger partial charge in [0.1, 0.15) is 6.61 Å². The maximum atomic E-state index is 12.5. The Morgan fingerprint density at radius 2 is 2.07 bits per heavy atom. The predicted molar refractivity (Wildman–Crippen MR) is 114 cm³/mol. The van der Waals surface area contributed by atoms with E-state index in [0.29, 0.717) is 11.9 Å². The molecule has 1 aliphatic rings. The van der Waals surface area contributed by atoms with Crippen molar-refractivity contribution in [3.8, 4) is 0 Å². The Bertz CT molecular complexity index is 769. The third kappa shape index (κ3) is 5.32. The maximum absolute atomic E-state index is 12.5. The van der Waals surface area contributed by atoms with Crippen LogP contribution in [0.5, 0.6) is 0 Å². The minimum atomic E-state index is -0.127. The van der Waals surface area contributed by atoms with Crippen LogP contribution in [0.15, 0.2) is 24.3 Å². The fourth-order valence-electron chi connectivity index (χ4n) is 4.06. The van der Waals surface area contributed by atoms with Crippen LogP contribution >= 0.6 is 0 Å². The van der Waals surface area contributed by atoms with Crippen molar-refractivity contribution in [3.05, 3.63) is 24.3 Å². The number of likely N-dealkylation sites (N-methyl/N-ethyl adjacent to an activating group) is 1. The molecule has 3 rings (SSSR count). The van der Waals surface area contributed by atoms with E-state index in [1.54, 1.807) is 0 Å². The first-order chi connectivity index (χ1) is 13.6. The van der Waals surface area contributed by atoms with Crippen LogP contribution in [0.25, 0.3) is 11.0 Å². The van der Waals surface area contributed by atoms with Crippen LogP contribution in [0.4, 0.5) is 5.95 Å². The molecule has 1 aromatic carbocycles. The molecule has 1 fully saturated rings. The summed E-state index contributed by atoms with van der Waals surface area (Å²) in [6, 6.07) is 8.03. The van der Waals surface area contributed by atoms with Gasteiger partial charge in [-0.25, -0.2) is 4.98 Å². The van der Waals surface area contributed by atoms with Crippen LogP contribution < -0.4 is 5.32 Å². The number of hydrogen-bond acceptors (Lipinski definition) is 4. The van der Waals surface area contributed by atoms with Gasteiger partial charge in [0.15, 0.2) is 0 Å². The summed E-state index contributed by atoms with van der Waals surface area (Å²) >= 11 is 0. The Hall–Kier alpha value is -1.92. The summed E-state index contributed by atoms with van der Waals surface area (Å²) in [5, 5.41) is 2.98. The normalized spacial score (nSPS) is 20.0. The lowest BCUT2D eigenvalue weighted by atomic mass is 9.89. The van der Waals surface area contributed by atoms with Gasteiger partial charge in [0.2, 0.25) is 5.95 Å². The van der Waals surface area contributed by atoms with Gasteiger partial charge >= 0.3 is 0 Å². The number of nitrogens with zero attached hydrogens (tertiary/aromatic N) is 3. The first kappa shape index (κ1) is 20.8. The lowest BCUT2D eigenvalue weighted by molar-refractivity contribution is -0.123. The number of carbonyl (C=O) groups excluding carboxylic acids is 1. The van der Waals surface area contributed by atoms with E-state index < -0.39 is 0 Å². The van der Waals surface area contributed by atoms with Crippen molar-refractivity contribution >= 4 is 22.9 Å². The van der Waals surface area contributed by atoms with E-state index in [9.17, 15) is 4.79 Å². The second-order valence-electron chi connectivity index (χ2n) is 7.86. The topological polar surface area (TPSA) is 59.4 Å². The minimum absolute atomic E-state index is 0.0939. The number of nitrogens with one attached hydrogen (secondary N) is 1. The summed E-state index contributed by atoms with van der Waals surface area (Å²) in [6.07, 6.45) is 4.77. The molecule has 6 heteroatoms. The first-order valence-electron chi connectivity index (χ1n) is 10.7. The van der Waals surface area contributed by atoms with E-state index in [4.69, 9.17) is 4.74 Å². The zero-order valence-electron chi connectivity index (χ0n) is 17.5. The number of rotatable bonds is 9. The standard InChI is InChI=1S/C22H34N4O2/c1-4-25(5-2)13-14-26-20-12-7-6-11-19(20)23-22(26)24-21(27)16-28-18-10-8-9-17(3)15-18/h6-7,11-12,17-18H,4-5,8-10,13-16H2,1-3H3,(H,23,24,27). The predicted octanol–water partition coefficient (Wildman–Crippen LogP) is 3.91. The van der Waals surface area contributed by atoms with Crippen LogP contribution in [-0.2, 0) is 16.1 Å². The fraction of sp³-hybridized carbons (Fsp3) is 0.636. The molecule has 0 aliphatic heterocycles. The zero-order chi connectivity index (χ0) is 19.9. The highest BCUT2D eigenvalue weighted by atomic mass is 16.5. The van der Waals surface area contributed by atoms with Crippen molar-refractivity contribution in [2.24, 2.45) is 5.92 Å². The molecule has 28 heavy (non-hydrogen) atoms. The Morgan fingerprint density at radius 1 is 1.29 bits per heavy atom. The van der Waals surface area contributed by atoms with Crippen LogP contribution in [-0.4, -0.2) is 52.7 Å². The third-order valence-corrected chi connectivity index (χ3v) is 5.78. The van der Waals surface area contributed by atoms with Crippen molar-refractivity contribution in [2.75, 3.05) is 31.6 Å². The van der Waals surface area contributed by atoms with Gasteiger partial charge in [0.05, 0.1) is 17.1 Å². The number of aromatic nitrogens is 2. The Labute approximate surface area is 168 Å². The maximum Gasteiger partial charge on any atom is 0.252 e. The van der Waals surface area contributed by atoms with E-state index in [0.717, 1.165) is 50.1 Å². The summed E-state index contributed by atoms with van der Waals surface area (Å²) in [4.78, 5) is 19.5. The molecule has 2 atom stereocenters. The highest BCUT2D eigenvalue weighted by molar-refractivity contribution is 5.92. The molecule has 1 amide bonds. The molecule has 1 saturated carbocycles. The number of benzene rings is 1. The Morgan fingerprint density at radius 3 is 2.82 bits per heavy atom. The fourth-order valence-corrected chi connectivity index (χ4v) is 4.06. The summed E-state index contributed by atoms with van der Waals surface area (Å²) < 4.78 is 7.98. The summed E-state index contributed by atoms with van der Waals surface area (Å²) in [5.41, 5.74) is 1.95. The van der Waals surface area contributed by atoms with Crippen molar-refractivity contribution < 1.29 is 9.53 Å². The van der Waals surface area contributed by atoms with Gasteiger partial charge in [0, 0.05) is 13.1 Å². The van der Waals surface area contributed by atoms with Gasteiger partial charge in [-0.2, -0.15) is 0 Å². The van der Waals surface area contributed by atoms with Gasteiger partial charge in [0.25, 0.3) is 5.91 Å². The number of para-hydroxylation sites is 2. The summed E-state index contributed by atoms with van der Waals surface area (Å²) in [7, 11) is 0. The molecule has 0 radical (unpaired) electrons. The number of fused-ring (bicyclic) bond motifs is 1. The average molecular weight is 387 g/mol. The van der Waals surface area contributed by atoms with Gasteiger partial charge in [-0.15, -0.1) is 0 Å². The minimum Gasteiger partial charge on any atom is -0.368 e. The van der Waals surface area contributed by atoms with E-state index >= 15 is 0 Å². The first-order valence-corrected chi connectivity index (χ1v) is 10.7. The van der Waals surface area contributed by atoms with Crippen molar-refractivity contribution in [3.63, 3.8) is 0 Å². The monoisotopic (exact) mass is 386 g/mol. The van der Waals surface area contributed by atoms with E-state index in [1.165, 1.54) is 12.8 Å².